The first-order valence-corrected chi connectivity index (χ1v) is 16.2. The van der Waals surface area contributed by atoms with E-state index in [-0.39, 0.29) is 11.2 Å². The summed E-state index contributed by atoms with van der Waals surface area (Å²) < 4.78 is 65.0. The molecule has 2 aromatic rings. The van der Waals surface area contributed by atoms with Gasteiger partial charge in [-0.05, 0) is 88.0 Å². The number of para-hydroxylation sites is 1. The van der Waals surface area contributed by atoms with Crippen LogP contribution in [0.1, 0.15) is 51.0 Å². The van der Waals surface area contributed by atoms with E-state index in [0.29, 0.717) is 6.54 Å². The summed E-state index contributed by atoms with van der Waals surface area (Å²) in [6.45, 7) is 8.52. The van der Waals surface area contributed by atoms with Crippen LogP contribution in [0, 0.1) is 0 Å². The molecule has 0 unspecified atom stereocenters. The second kappa shape index (κ2) is 13.5. The van der Waals surface area contributed by atoms with E-state index >= 15 is 0 Å². The number of sulfonamides is 1. The number of rotatable bonds is 8. The van der Waals surface area contributed by atoms with Gasteiger partial charge in [0, 0.05) is 37.3 Å². The Balaban J connectivity index is 0.000000517. The largest absolute Gasteiger partial charge is 0.494 e. The van der Waals surface area contributed by atoms with Crippen molar-refractivity contribution in [1.82, 2.24) is 4.90 Å². The number of fused-ring (bicyclic) bond motifs is 2. The van der Waals surface area contributed by atoms with E-state index < -0.39 is 22.2 Å². The highest BCUT2D eigenvalue weighted by atomic mass is 32.2. The zero-order chi connectivity index (χ0) is 30.4. The maximum absolute atomic E-state index is 12.8. The normalized spacial score (nSPS) is 18.8. The quantitative estimate of drug-likeness (QED) is 0.406. The number of carbonyl (C=O) groups is 1. The number of alkyl halides is 3. The Morgan fingerprint density at radius 1 is 0.976 bits per heavy atom. The van der Waals surface area contributed by atoms with Gasteiger partial charge in [0.2, 0.25) is 10.0 Å². The van der Waals surface area contributed by atoms with Gasteiger partial charge in [0.05, 0.1) is 18.0 Å². The number of piperidine rings is 2. The van der Waals surface area contributed by atoms with Crippen molar-refractivity contribution in [2.45, 2.75) is 57.0 Å². The highest BCUT2D eigenvalue weighted by Crippen LogP contribution is 2.48. The highest BCUT2D eigenvalue weighted by Gasteiger charge is 2.47. The van der Waals surface area contributed by atoms with Crippen LogP contribution in [-0.4, -0.2) is 82.2 Å². The molecule has 8 nitrogen and oxygen atoms in total. The Morgan fingerprint density at radius 2 is 1.60 bits per heavy atom. The molecule has 0 amide bonds. The minimum Gasteiger partial charge on any atom is -0.494 e. The smallest absolute Gasteiger partial charge is 0.490 e. The van der Waals surface area contributed by atoms with Gasteiger partial charge >= 0.3 is 12.1 Å². The number of nitrogens with zero attached hydrogens (tertiary/aromatic N) is 3. The predicted octanol–water partition coefficient (Wildman–Crippen LogP) is 5.28. The molecule has 5 rings (SSSR count). The first-order valence-electron chi connectivity index (χ1n) is 14.6. The number of halogens is 3. The number of benzene rings is 2. The second-order valence-corrected chi connectivity index (χ2v) is 13.3. The lowest BCUT2D eigenvalue weighted by Gasteiger charge is -2.41. The average Bonchev–Trinajstić information content (AvgIpc) is 3.31. The van der Waals surface area contributed by atoms with Gasteiger partial charge in [0.25, 0.3) is 0 Å². The lowest BCUT2D eigenvalue weighted by atomic mass is 9.74. The summed E-state index contributed by atoms with van der Waals surface area (Å²) in [5, 5.41) is 7.12. The fourth-order valence-electron chi connectivity index (χ4n) is 6.02. The van der Waals surface area contributed by atoms with Crippen LogP contribution >= 0.6 is 0 Å². The van der Waals surface area contributed by atoms with Gasteiger partial charge in [-0.25, -0.2) is 13.2 Å². The standard InChI is InChI=1S/C28H39N3O3S.C2HF3O2/c1-2-35(32,33)31-23-28(26-9-4-5-10-27(26)31)15-20-30(21-16-28)24-11-13-25(14-12-24)34-22-8-19-29-17-6-3-7-18-29;3-2(4,5)1(6)7/h4-5,9-14H,2-3,6-8,15-23H2,1H3;(H,6,7). The van der Waals surface area contributed by atoms with Crippen LogP contribution in [0.5, 0.6) is 5.75 Å². The molecule has 3 aliphatic heterocycles. The van der Waals surface area contributed by atoms with Crippen molar-refractivity contribution in [1.29, 1.82) is 0 Å². The van der Waals surface area contributed by atoms with E-state index in [1.165, 1.54) is 43.6 Å². The molecule has 0 saturated carbocycles. The molecule has 0 bridgehead atoms. The number of carboxylic acid groups (broad SMARTS) is 1. The van der Waals surface area contributed by atoms with E-state index in [1.54, 1.807) is 11.2 Å². The summed E-state index contributed by atoms with van der Waals surface area (Å²) in [5.74, 6) is -1.69. The molecular weight excluding hydrogens is 571 g/mol. The highest BCUT2D eigenvalue weighted by molar-refractivity contribution is 7.92. The van der Waals surface area contributed by atoms with Crippen LogP contribution in [0.15, 0.2) is 48.5 Å². The van der Waals surface area contributed by atoms with E-state index in [0.717, 1.165) is 56.9 Å². The number of likely N-dealkylation sites (tertiary alicyclic amines) is 1. The number of aliphatic carboxylic acids is 1. The molecule has 2 aromatic carbocycles. The summed E-state index contributed by atoms with van der Waals surface area (Å²) in [6, 6.07) is 16.6. The molecule has 12 heteroatoms. The first-order chi connectivity index (χ1) is 19.9. The van der Waals surface area contributed by atoms with Crippen LogP contribution in [0.4, 0.5) is 24.5 Å². The summed E-state index contributed by atoms with van der Waals surface area (Å²) in [4.78, 5) is 13.9. The zero-order valence-corrected chi connectivity index (χ0v) is 24.8. The summed E-state index contributed by atoms with van der Waals surface area (Å²) in [7, 11) is -3.27. The monoisotopic (exact) mass is 611 g/mol. The van der Waals surface area contributed by atoms with Gasteiger partial charge < -0.3 is 19.6 Å². The van der Waals surface area contributed by atoms with Crippen molar-refractivity contribution in [2.75, 3.05) is 60.8 Å². The summed E-state index contributed by atoms with van der Waals surface area (Å²) >= 11 is 0. The number of hydrogen-bond acceptors (Lipinski definition) is 6. The Bertz CT molecular complexity index is 1290. The van der Waals surface area contributed by atoms with Crippen LogP contribution in [0.25, 0.3) is 0 Å². The van der Waals surface area contributed by atoms with Gasteiger partial charge in [-0.15, -0.1) is 0 Å². The maximum atomic E-state index is 12.8. The molecule has 42 heavy (non-hydrogen) atoms. The summed E-state index contributed by atoms with van der Waals surface area (Å²) in [5.41, 5.74) is 3.20. The number of hydrogen-bond donors (Lipinski definition) is 1. The summed E-state index contributed by atoms with van der Waals surface area (Å²) in [6.07, 6.45) is 1.94. The van der Waals surface area contributed by atoms with Gasteiger partial charge in [-0.3, -0.25) is 4.31 Å². The topological polar surface area (TPSA) is 90.4 Å². The minimum atomic E-state index is -5.08. The molecule has 2 fully saturated rings. The predicted molar refractivity (Wildman–Crippen MR) is 157 cm³/mol. The fourth-order valence-corrected chi connectivity index (χ4v) is 7.24. The molecule has 0 aromatic heterocycles. The SMILES string of the molecule is CCS(=O)(=O)N1CC2(CCN(c3ccc(OCCCN4CCCCC4)cc3)CC2)c2ccccc21.O=C(O)C(F)(F)F. The van der Waals surface area contributed by atoms with E-state index in [1.807, 2.05) is 18.2 Å². The lowest BCUT2D eigenvalue weighted by molar-refractivity contribution is -0.192. The maximum Gasteiger partial charge on any atom is 0.490 e. The molecule has 232 valence electrons. The Morgan fingerprint density at radius 3 is 2.19 bits per heavy atom. The van der Waals surface area contributed by atoms with Crippen LogP contribution in [0.2, 0.25) is 0 Å². The van der Waals surface area contributed by atoms with Gasteiger partial charge in [-0.1, -0.05) is 24.6 Å². The van der Waals surface area contributed by atoms with Crippen molar-refractivity contribution in [3.05, 3.63) is 54.1 Å². The van der Waals surface area contributed by atoms with Crippen LogP contribution in [-0.2, 0) is 20.2 Å². The molecule has 3 heterocycles. The van der Waals surface area contributed by atoms with Gasteiger partial charge in [0.1, 0.15) is 5.75 Å². The average molecular weight is 612 g/mol. The molecule has 2 saturated heterocycles. The molecule has 0 atom stereocenters. The van der Waals surface area contributed by atoms with Crippen molar-refractivity contribution in [2.24, 2.45) is 0 Å². The molecular formula is C30H40F3N3O5S. The van der Waals surface area contributed by atoms with Crippen molar-refractivity contribution >= 4 is 27.4 Å². The van der Waals surface area contributed by atoms with E-state index in [9.17, 15) is 21.6 Å². The van der Waals surface area contributed by atoms with E-state index in [2.05, 4.69) is 40.1 Å². The molecule has 0 radical (unpaired) electrons. The number of anilines is 2. The number of carboxylic acids is 1. The van der Waals surface area contributed by atoms with Gasteiger partial charge in [-0.2, -0.15) is 13.2 Å². The van der Waals surface area contributed by atoms with Crippen molar-refractivity contribution < 1.29 is 36.2 Å². The van der Waals surface area contributed by atoms with Crippen LogP contribution < -0.4 is 13.9 Å². The Kier molecular flexibility index (Phi) is 10.3. The molecule has 1 spiro atoms. The zero-order valence-electron chi connectivity index (χ0n) is 24.0. The minimum absolute atomic E-state index is 0.0905. The van der Waals surface area contributed by atoms with Crippen molar-refractivity contribution in [3.8, 4) is 5.75 Å². The fraction of sp³-hybridized carbons (Fsp3) is 0.567. The molecule has 0 aliphatic carbocycles. The third kappa shape index (κ3) is 7.69. The first kappa shape index (κ1) is 31.9. The van der Waals surface area contributed by atoms with E-state index in [4.69, 9.17) is 14.6 Å². The lowest BCUT2D eigenvalue weighted by Crippen LogP contribution is -2.46. The Labute approximate surface area is 246 Å². The second-order valence-electron chi connectivity index (χ2n) is 11.1. The third-order valence-electron chi connectivity index (χ3n) is 8.39. The molecule has 3 aliphatic rings. The third-order valence-corrected chi connectivity index (χ3v) is 10.1. The van der Waals surface area contributed by atoms with Gasteiger partial charge in [0.15, 0.2) is 0 Å². The Hall–Kier alpha value is -2.99. The number of ether oxygens (including phenoxy) is 1. The van der Waals surface area contributed by atoms with Crippen LogP contribution in [0.3, 0.4) is 0 Å². The molecule has 1 N–H and O–H groups in total. The van der Waals surface area contributed by atoms with Crippen molar-refractivity contribution in [3.63, 3.8) is 0 Å².